The highest BCUT2D eigenvalue weighted by molar-refractivity contribution is 5.74. The zero-order chi connectivity index (χ0) is 23.5. The van der Waals surface area contributed by atoms with Crippen molar-refractivity contribution in [3.05, 3.63) is 48.5 Å². The van der Waals surface area contributed by atoms with Crippen LogP contribution in [0.3, 0.4) is 0 Å². The molecule has 4 bridgehead atoms. The summed E-state index contributed by atoms with van der Waals surface area (Å²) in [7, 11) is 0. The first kappa shape index (κ1) is 27.2. The van der Waals surface area contributed by atoms with Crippen molar-refractivity contribution in [1.82, 2.24) is 0 Å². The van der Waals surface area contributed by atoms with E-state index < -0.39 is 0 Å². The van der Waals surface area contributed by atoms with Gasteiger partial charge in [-0.2, -0.15) is 0 Å². The molecule has 2 heteroatoms. The number of fused-ring (bicyclic) bond motifs is 2. The van der Waals surface area contributed by atoms with Gasteiger partial charge in [0.05, 0.1) is 12.7 Å². The van der Waals surface area contributed by atoms with E-state index in [0.717, 1.165) is 0 Å². The molecule has 3 rings (SSSR count). The van der Waals surface area contributed by atoms with Gasteiger partial charge in [-0.25, -0.2) is 5.92 Å². The fourth-order valence-corrected chi connectivity index (χ4v) is 5.70. The Hall–Kier alpha value is -1.41. The van der Waals surface area contributed by atoms with E-state index in [1.165, 1.54) is 154 Å². The van der Waals surface area contributed by atoms with Gasteiger partial charge >= 0.3 is 0 Å². The summed E-state index contributed by atoms with van der Waals surface area (Å²) in [4.78, 5) is 1.69. The minimum atomic E-state index is 1.19. The highest BCUT2D eigenvalue weighted by atomic mass is 15.1. The third kappa shape index (κ3) is 12.3. The number of hydrogen-bond acceptors (Lipinski definition) is 0. The monoisotopic (exact) mass is 466 g/mol. The Morgan fingerprint density at radius 3 is 2.06 bits per heavy atom. The number of nitrogens with zero attached hydrogens (tertiary/aromatic N) is 1. The highest BCUT2D eigenvalue weighted by Crippen LogP contribution is 2.18. The highest BCUT2D eigenvalue weighted by Gasteiger charge is 2.10. The maximum atomic E-state index is 2.54. The van der Waals surface area contributed by atoms with Gasteiger partial charge in [0.1, 0.15) is 13.1 Å². The Kier molecular flexibility index (Phi) is 14.3. The number of allylic oxidation sites excluding steroid dienone is 3. The SMILES string of the molecule is C1=C[C-]2C=[N+]([CH-]1)CCCCCCCCCCC1=C[NH+](CC=C1)CCCCCCCCCCCC2. The van der Waals surface area contributed by atoms with Crippen molar-refractivity contribution in [2.24, 2.45) is 0 Å². The van der Waals surface area contributed by atoms with Gasteiger partial charge in [0.25, 0.3) is 0 Å². The van der Waals surface area contributed by atoms with Crippen molar-refractivity contribution >= 4 is 6.21 Å². The van der Waals surface area contributed by atoms with Gasteiger partial charge in [0, 0.05) is 12.0 Å². The normalized spacial score (nSPS) is 25.9. The van der Waals surface area contributed by atoms with Gasteiger partial charge < -0.3 is 15.6 Å². The maximum Gasteiger partial charge on any atom is 0.123 e. The maximum absolute atomic E-state index is 2.54. The van der Waals surface area contributed by atoms with Crippen LogP contribution in [0.2, 0.25) is 0 Å². The summed E-state index contributed by atoms with van der Waals surface area (Å²) < 4.78 is 2.43. The molecule has 0 radical (unpaired) electrons. The Balaban J connectivity index is 1.35. The van der Waals surface area contributed by atoms with E-state index in [1.54, 1.807) is 10.5 Å². The lowest BCUT2D eigenvalue weighted by atomic mass is 9.98. The van der Waals surface area contributed by atoms with Crippen LogP contribution in [0, 0.1) is 12.5 Å². The van der Waals surface area contributed by atoms with Crippen molar-refractivity contribution in [2.45, 2.75) is 128 Å². The molecule has 2 nitrogen and oxygen atoms in total. The van der Waals surface area contributed by atoms with Crippen LogP contribution in [-0.2, 0) is 0 Å². The van der Waals surface area contributed by atoms with Crippen molar-refractivity contribution < 1.29 is 9.48 Å². The van der Waals surface area contributed by atoms with Crippen molar-refractivity contribution in [1.29, 1.82) is 0 Å². The summed E-state index contributed by atoms with van der Waals surface area (Å²) in [6, 6.07) is 0. The Morgan fingerprint density at radius 2 is 1.32 bits per heavy atom. The fourth-order valence-electron chi connectivity index (χ4n) is 5.70. The largest absolute Gasteiger partial charge is 0.343 e. The average Bonchev–Trinajstić information content (AvgIpc) is 2.86. The van der Waals surface area contributed by atoms with Crippen molar-refractivity contribution in [3.8, 4) is 0 Å². The molecule has 3 heterocycles. The first-order valence-corrected chi connectivity index (χ1v) is 15.1. The molecule has 1 atom stereocenters. The van der Waals surface area contributed by atoms with Gasteiger partial charge in [-0.1, -0.05) is 89.5 Å². The van der Waals surface area contributed by atoms with Crippen LogP contribution in [0.15, 0.2) is 36.1 Å². The van der Waals surface area contributed by atoms with Crippen LogP contribution < -0.4 is 4.90 Å². The Bertz CT molecular complexity index is 641. The average molecular weight is 467 g/mol. The molecule has 0 aliphatic carbocycles. The van der Waals surface area contributed by atoms with E-state index in [4.69, 9.17) is 0 Å². The third-order valence-electron chi connectivity index (χ3n) is 7.87. The molecule has 1 N–H and O–H groups in total. The quantitative estimate of drug-likeness (QED) is 0.279. The molecule has 3 aliphatic rings. The summed E-state index contributed by atoms with van der Waals surface area (Å²) in [5.74, 6) is 1.53. The molecule has 192 valence electrons. The predicted molar refractivity (Wildman–Crippen MR) is 148 cm³/mol. The molecule has 0 saturated heterocycles. The van der Waals surface area contributed by atoms with Crippen LogP contribution in [0.1, 0.15) is 128 Å². The summed E-state index contributed by atoms with van der Waals surface area (Å²) in [5.41, 5.74) is 1.59. The van der Waals surface area contributed by atoms with Gasteiger partial charge in [-0.3, -0.25) is 6.08 Å². The van der Waals surface area contributed by atoms with Gasteiger partial charge in [-0.05, 0) is 50.9 Å². The zero-order valence-electron chi connectivity index (χ0n) is 22.3. The van der Waals surface area contributed by atoms with E-state index in [-0.39, 0.29) is 0 Å². The third-order valence-corrected chi connectivity index (χ3v) is 7.87. The van der Waals surface area contributed by atoms with Crippen molar-refractivity contribution in [3.63, 3.8) is 0 Å². The van der Waals surface area contributed by atoms with Crippen LogP contribution in [0.4, 0.5) is 0 Å². The van der Waals surface area contributed by atoms with Crippen LogP contribution in [0.25, 0.3) is 0 Å². The topological polar surface area (TPSA) is 7.45 Å². The molecule has 0 spiro atoms. The molecule has 0 saturated carbocycles. The van der Waals surface area contributed by atoms with Gasteiger partial charge in [0.15, 0.2) is 0 Å². The van der Waals surface area contributed by atoms with Gasteiger partial charge in [-0.15, -0.1) is 6.42 Å². The summed E-state index contributed by atoms with van der Waals surface area (Å²) in [5, 5.41) is 0. The molecular weight excluding hydrogens is 412 g/mol. The van der Waals surface area contributed by atoms with E-state index in [9.17, 15) is 0 Å². The lowest BCUT2D eigenvalue weighted by Gasteiger charge is -2.28. The second-order valence-electron chi connectivity index (χ2n) is 11.0. The first-order valence-electron chi connectivity index (χ1n) is 15.1. The standard InChI is InChI=1S/C32H53N2/c1-2-5-9-13-17-25-33-27-20-24-32(30-33)22-16-12-8-4-6-10-14-18-26-34-28-19-23-31(29-34)21-15-11-7-3-1/h19-20,23-24,28-30H,1-18,21-22,25-27H2/q-1/p+1. The smallest absolute Gasteiger partial charge is 0.123 e. The second kappa shape index (κ2) is 17.9. The molecule has 34 heavy (non-hydrogen) atoms. The number of nitrogens with one attached hydrogen (secondary N) is 1. The van der Waals surface area contributed by atoms with E-state index in [2.05, 4.69) is 47.8 Å². The minimum Gasteiger partial charge on any atom is -0.343 e. The molecule has 0 aromatic carbocycles. The van der Waals surface area contributed by atoms with Crippen molar-refractivity contribution in [2.75, 3.05) is 19.6 Å². The zero-order valence-corrected chi connectivity index (χ0v) is 22.3. The van der Waals surface area contributed by atoms with E-state index in [1.807, 2.05) is 0 Å². The van der Waals surface area contributed by atoms with Gasteiger partial charge in [0.2, 0.25) is 0 Å². The number of rotatable bonds is 0. The lowest BCUT2D eigenvalue weighted by Crippen LogP contribution is -3.07. The van der Waals surface area contributed by atoms with Crippen LogP contribution >= 0.6 is 0 Å². The summed E-state index contributed by atoms with van der Waals surface area (Å²) in [6.45, 7) is 5.98. The Labute approximate surface area is 212 Å². The molecule has 0 aromatic rings. The van der Waals surface area contributed by atoms with E-state index in [0.29, 0.717) is 0 Å². The molecule has 0 fully saturated rings. The predicted octanol–water partition coefficient (Wildman–Crippen LogP) is 7.53. The van der Waals surface area contributed by atoms with Crippen LogP contribution in [0.5, 0.6) is 0 Å². The molecule has 0 amide bonds. The Morgan fingerprint density at radius 1 is 0.706 bits per heavy atom. The number of quaternary nitrogens is 1. The lowest BCUT2D eigenvalue weighted by molar-refractivity contribution is -0.841. The molecule has 0 aromatic heterocycles. The summed E-state index contributed by atoms with van der Waals surface area (Å²) in [6.07, 6.45) is 42.3. The number of hydrogen-bond donors (Lipinski definition) is 1. The molecule has 3 aliphatic heterocycles. The second-order valence-corrected chi connectivity index (χ2v) is 11.0. The summed E-state index contributed by atoms with van der Waals surface area (Å²) >= 11 is 0. The first-order chi connectivity index (χ1) is 16.9. The van der Waals surface area contributed by atoms with Crippen LogP contribution in [-0.4, -0.2) is 30.4 Å². The van der Waals surface area contributed by atoms with E-state index >= 15 is 0 Å². The molecule has 1 unspecified atom stereocenters. The fraction of sp³-hybridized carbons (Fsp3) is 0.719. The minimum absolute atomic E-state index is 1.19. The molecular formula is C32H54N2.